The van der Waals surface area contributed by atoms with Crippen LogP contribution in [0.3, 0.4) is 0 Å². The number of nitrogens with one attached hydrogen (secondary N) is 1. The third kappa shape index (κ3) is 3.30. The molecule has 1 aliphatic rings. The van der Waals surface area contributed by atoms with Crippen molar-refractivity contribution in [2.75, 3.05) is 19.8 Å². The monoisotopic (exact) mass is 361 g/mol. The molecule has 0 spiro atoms. The lowest BCUT2D eigenvalue weighted by molar-refractivity contribution is -0.0978. The number of carbonyl (C=O) groups is 1. The van der Waals surface area contributed by atoms with Crippen LogP contribution in [0.25, 0.3) is 0 Å². The minimum atomic E-state index is -0.0554. The maximum atomic E-state index is 11.9. The highest BCUT2D eigenvalue weighted by atomic mass is 79.9. The fraction of sp³-hybridized carbons (Fsp3) is 0.417. The molecule has 1 aliphatic heterocycles. The molecular weight excluding hydrogens is 350 g/mol. The van der Waals surface area contributed by atoms with Crippen molar-refractivity contribution in [3.05, 3.63) is 32.7 Å². The molecule has 92 valence electrons. The van der Waals surface area contributed by atoms with Gasteiger partial charge in [-0.15, -0.1) is 0 Å². The van der Waals surface area contributed by atoms with Crippen LogP contribution in [-0.2, 0) is 4.74 Å². The molecule has 0 aliphatic carbocycles. The molecule has 5 heteroatoms. The zero-order valence-corrected chi connectivity index (χ0v) is 12.6. The van der Waals surface area contributed by atoms with E-state index in [1.807, 2.05) is 6.07 Å². The first-order valence-electron chi connectivity index (χ1n) is 5.31. The molecule has 1 aromatic carbocycles. The van der Waals surface area contributed by atoms with Crippen molar-refractivity contribution in [1.82, 2.24) is 5.32 Å². The van der Waals surface area contributed by atoms with Crippen molar-refractivity contribution < 1.29 is 9.53 Å². The van der Waals surface area contributed by atoms with Crippen LogP contribution in [0.15, 0.2) is 27.1 Å². The molecule has 0 atom stereocenters. The van der Waals surface area contributed by atoms with Gasteiger partial charge >= 0.3 is 0 Å². The predicted octanol–water partition coefficient (Wildman–Crippen LogP) is 2.98. The zero-order valence-electron chi connectivity index (χ0n) is 9.43. The van der Waals surface area contributed by atoms with Crippen LogP contribution in [0.2, 0.25) is 0 Å². The maximum absolute atomic E-state index is 11.9. The highest BCUT2D eigenvalue weighted by molar-refractivity contribution is 9.11. The Morgan fingerprint density at radius 1 is 1.35 bits per heavy atom. The molecular formula is C12H13Br2NO2. The number of hydrogen-bond acceptors (Lipinski definition) is 2. The van der Waals surface area contributed by atoms with Gasteiger partial charge in [0.25, 0.3) is 5.91 Å². The summed E-state index contributed by atoms with van der Waals surface area (Å²) < 4.78 is 6.92. The number of halogens is 2. The van der Waals surface area contributed by atoms with Gasteiger partial charge in [0.15, 0.2) is 0 Å². The Labute approximate surface area is 117 Å². The van der Waals surface area contributed by atoms with Crippen molar-refractivity contribution in [3.8, 4) is 0 Å². The molecule has 1 heterocycles. The quantitative estimate of drug-likeness (QED) is 0.897. The van der Waals surface area contributed by atoms with Gasteiger partial charge in [0.2, 0.25) is 0 Å². The van der Waals surface area contributed by atoms with Crippen LogP contribution in [0.5, 0.6) is 0 Å². The van der Waals surface area contributed by atoms with E-state index in [9.17, 15) is 4.79 Å². The van der Waals surface area contributed by atoms with E-state index in [-0.39, 0.29) is 11.3 Å². The summed E-state index contributed by atoms with van der Waals surface area (Å²) in [7, 11) is 0. The smallest absolute Gasteiger partial charge is 0.251 e. The highest BCUT2D eigenvalue weighted by Crippen LogP contribution is 2.25. The third-order valence-corrected chi connectivity index (χ3v) is 3.62. The lowest BCUT2D eigenvalue weighted by Gasteiger charge is -2.38. The molecule has 1 aromatic rings. The van der Waals surface area contributed by atoms with E-state index < -0.39 is 0 Å². The first kappa shape index (κ1) is 13.1. The number of rotatable bonds is 3. The summed E-state index contributed by atoms with van der Waals surface area (Å²) in [6.07, 6.45) is 0. The van der Waals surface area contributed by atoms with E-state index in [0.717, 1.165) is 22.2 Å². The maximum Gasteiger partial charge on any atom is 0.251 e. The molecule has 0 bridgehead atoms. The lowest BCUT2D eigenvalue weighted by Crippen LogP contribution is -2.48. The molecule has 1 fully saturated rings. The van der Waals surface area contributed by atoms with E-state index in [1.165, 1.54) is 0 Å². The molecule has 1 N–H and O–H groups in total. The van der Waals surface area contributed by atoms with E-state index in [0.29, 0.717) is 12.1 Å². The minimum absolute atomic E-state index is 0.0554. The Kier molecular flexibility index (Phi) is 3.90. The second kappa shape index (κ2) is 5.08. The van der Waals surface area contributed by atoms with Crippen molar-refractivity contribution in [1.29, 1.82) is 0 Å². The second-order valence-electron chi connectivity index (χ2n) is 4.64. The van der Waals surface area contributed by atoms with Gasteiger partial charge in [-0.3, -0.25) is 4.79 Å². The first-order valence-corrected chi connectivity index (χ1v) is 6.89. The predicted molar refractivity (Wildman–Crippen MR) is 73.1 cm³/mol. The van der Waals surface area contributed by atoms with Crippen LogP contribution in [0.4, 0.5) is 0 Å². The summed E-state index contributed by atoms with van der Waals surface area (Å²) in [4.78, 5) is 11.9. The number of hydrogen-bond donors (Lipinski definition) is 1. The van der Waals surface area contributed by atoms with Crippen LogP contribution in [0, 0.1) is 5.41 Å². The van der Waals surface area contributed by atoms with Gasteiger partial charge in [-0.2, -0.15) is 0 Å². The molecule has 0 unspecified atom stereocenters. The number of amides is 1. The summed E-state index contributed by atoms with van der Waals surface area (Å²) in [6, 6.07) is 5.51. The van der Waals surface area contributed by atoms with Crippen LogP contribution in [-0.4, -0.2) is 25.7 Å². The fourth-order valence-corrected chi connectivity index (χ4v) is 2.93. The SMILES string of the molecule is CC1(CNC(=O)c2cc(Br)cc(Br)c2)COC1. The first-order chi connectivity index (χ1) is 7.98. The number of carbonyl (C=O) groups excluding carboxylic acids is 1. The Balaban J connectivity index is 1.99. The van der Waals surface area contributed by atoms with Gasteiger partial charge in [-0.05, 0) is 18.2 Å². The Hall–Kier alpha value is -0.390. The fourth-order valence-electron chi connectivity index (χ4n) is 1.63. The zero-order chi connectivity index (χ0) is 12.5. The molecule has 3 nitrogen and oxygen atoms in total. The van der Waals surface area contributed by atoms with Crippen molar-refractivity contribution in [2.24, 2.45) is 5.41 Å². The average molecular weight is 363 g/mol. The third-order valence-electron chi connectivity index (χ3n) is 2.70. The molecule has 2 rings (SSSR count). The van der Waals surface area contributed by atoms with E-state index >= 15 is 0 Å². The van der Waals surface area contributed by atoms with E-state index in [4.69, 9.17) is 4.74 Å². The summed E-state index contributed by atoms with van der Waals surface area (Å²) in [5, 5.41) is 2.94. The summed E-state index contributed by atoms with van der Waals surface area (Å²) in [5.74, 6) is -0.0554. The molecule has 0 saturated carbocycles. The van der Waals surface area contributed by atoms with Crippen molar-refractivity contribution in [3.63, 3.8) is 0 Å². The largest absolute Gasteiger partial charge is 0.380 e. The van der Waals surface area contributed by atoms with E-state index in [2.05, 4.69) is 44.1 Å². The van der Waals surface area contributed by atoms with Crippen molar-refractivity contribution in [2.45, 2.75) is 6.92 Å². The lowest BCUT2D eigenvalue weighted by atomic mass is 9.89. The summed E-state index contributed by atoms with van der Waals surface area (Å²) in [5.41, 5.74) is 0.744. The van der Waals surface area contributed by atoms with Crippen LogP contribution >= 0.6 is 31.9 Å². The Morgan fingerprint density at radius 2 is 1.94 bits per heavy atom. The van der Waals surface area contributed by atoms with Crippen molar-refractivity contribution >= 4 is 37.8 Å². The normalized spacial score (nSPS) is 17.4. The highest BCUT2D eigenvalue weighted by Gasteiger charge is 2.33. The number of benzene rings is 1. The van der Waals surface area contributed by atoms with E-state index in [1.54, 1.807) is 12.1 Å². The minimum Gasteiger partial charge on any atom is -0.380 e. The van der Waals surface area contributed by atoms with Crippen LogP contribution in [0.1, 0.15) is 17.3 Å². The molecule has 0 aromatic heterocycles. The average Bonchev–Trinajstić information content (AvgIpc) is 2.22. The van der Waals surface area contributed by atoms with Gasteiger partial charge in [-0.1, -0.05) is 38.8 Å². The topological polar surface area (TPSA) is 38.3 Å². The molecule has 1 saturated heterocycles. The van der Waals surface area contributed by atoms with Crippen LogP contribution < -0.4 is 5.32 Å². The van der Waals surface area contributed by atoms with Gasteiger partial charge in [0.05, 0.1) is 13.2 Å². The molecule has 1 amide bonds. The van der Waals surface area contributed by atoms with Gasteiger partial charge in [-0.25, -0.2) is 0 Å². The Bertz CT molecular complexity index is 424. The molecule has 17 heavy (non-hydrogen) atoms. The van der Waals surface area contributed by atoms with Gasteiger partial charge in [0.1, 0.15) is 0 Å². The second-order valence-corrected chi connectivity index (χ2v) is 6.48. The van der Waals surface area contributed by atoms with Gasteiger partial charge < -0.3 is 10.1 Å². The van der Waals surface area contributed by atoms with Gasteiger partial charge in [0, 0.05) is 26.5 Å². The summed E-state index contributed by atoms with van der Waals surface area (Å²) in [6.45, 7) is 4.19. The number of ether oxygens (including phenoxy) is 1. The standard InChI is InChI=1S/C12H13Br2NO2/c1-12(6-17-7-12)5-15-11(16)8-2-9(13)4-10(14)3-8/h2-4H,5-7H2,1H3,(H,15,16). The summed E-state index contributed by atoms with van der Waals surface area (Å²) >= 11 is 6.73. The Morgan fingerprint density at radius 3 is 2.41 bits per heavy atom. The molecule has 0 radical (unpaired) electrons.